The van der Waals surface area contributed by atoms with Crippen molar-refractivity contribution in [3.8, 4) is 0 Å². The number of thioether (sulfide) groups is 1. The number of unbranched alkanes of at least 4 members (excludes halogenated alkanes) is 1. The van der Waals surface area contributed by atoms with E-state index >= 15 is 0 Å². The van der Waals surface area contributed by atoms with Gasteiger partial charge in [0.2, 0.25) is 0 Å². The first-order chi connectivity index (χ1) is 8.31. The monoisotopic (exact) mass is 252 g/mol. The van der Waals surface area contributed by atoms with E-state index in [-0.39, 0.29) is 6.29 Å². The average molecular weight is 252 g/mol. The molecule has 2 nitrogen and oxygen atoms in total. The molecule has 1 rings (SSSR count). The molecule has 0 saturated carbocycles. The quantitative estimate of drug-likeness (QED) is 0.301. The molecule has 17 heavy (non-hydrogen) atoms. The molecule has 94 valence electrons. The lowest BCUT2D eigenvalue weighted by molar-refractivity contribution is -0.106. The van der Waals surface area contributed by atoms with Gasteiger partial charge in [-0.25, -0.2) is 0 Å². The van der Waals surface area contributed by atoms with Crippen LogP contribution in [-0.2, 0) is 9.47 Å². The van der Waals surface area contributed by atoms with Gasteiger partial charge in [0.15, 0.2) is 6.29 Å². The maximum atomic E-state index is 5.20. The molecule has 0 atom stereocenters. The maximum absolute atomic E-state index is 5.20. The van der Waals surface area contributed by atoms with E-state index in [0.717, 1.165) is 17.7 Å². The molecule has 1 aromatic rings. The standard InChI is InChI=1S/C14H20O2S/c1-4-5-6-11-17-13-9-7-12(8-10-13)14(15-2)16-3/h4,7-10,14H,1,5-6,11H2,2-3H3. The summed E-state index contributed by atoms with van der Waals surface area (Å²) < 4.78 is 10.4. The van der Waals surface area contributed by atoms with Crippen LogP contribution in [0.3, 0.4) is 0 Å². The van der Waals surface area contributed by atoms with Crippen molar-refractivity contribution in [2.75, 3.05) is 20.0 Å². The minimum atomic E-state index is -0.269. The molecule has 0 radical (unpaired) electrons. The molecule has 0 aromatic heterocycles. The molecular formula is C14H20O2S. The largest absolute Gasteiger partial charge is 0.352 e. The number of hydrogen-bond donors (Lipinski definition) is 0. The highest BCUT2D eigenvalue weighted by Crippen LogP contribution is 2.23. The van der Waals surface area contributed by atoms with Crippen molar-refractivity contribution in [1.29, 1.82) is 0 Å². The highest BCUT2D eigenvalue weighted by atomic mass is 32.2. The summed E-state index contributed by atoms with van der Waals surface area (Å²) in [4.78, 5) is 1.28. The Hall–Kier alpha value is -0.770. The van der Waals surface area contributed by atoms with Gasteiger partial charge in [-0.05, 0) is 30.7 Å². The first-order valence-corrected chi connectivity index (χ1v) is 6.69. The Labute approximate surface area is 108 Å². The predicted octanol–water partition coefficient (Wildman–Crippen LogP) is 4.04. The SMILES string of the molecule is C=CCCCSc1ccc(C(OC)OC)cc1. The summed E-state index contributed by atoms with van der Waals surface area (Å²) in [6, 6.07) is 8.32. The molecule has 0 aliphatic rings. The number of allylic oxidation sites excluding steroid dienone is 1. The van der Waals surface area contributed by atoms with Crippen LogP contribution in [-0.4, -0.2) is 20.0 Å². The van der Waals surface area contributed by atoms with Crippen molar-refractivity contribution in [2.24, 2.45) is 0 Å². The lowest BCUT2D eigenvalue weighted by Crippen LogP contribution is -2.02. The minimum Gasteiger partial charge on any atom is -0.352 e. The van der Waals surface area contributed by atoms with E-state index in [2.05, 4.69) is 18.7 Å². The van der Waals surface area contributed by atoms with Crippen LogP contribution >= 0.6 is 11.8 Å². The van der Waals surface area contributed by atoms with Gasteiger partial charge in [-0.15, -0.1) is 18.3 Å². The number of ether oxygens (including phenoxy) is 2. The third-order valence-electron chi connectivity index (χ3n) is 2.40. The fourth-order valence-electron chi connectivity index (χ4n) is 1.51. The lowest BCUT2D eigenvalue weighted by Gasteiger charge is -2.13. The van der Waals surface area contributed by atoms with Crippen LogP contribution in [0, 0.1) is 0 Å². The molecule has 0 N–H and O–H groups in total. The summed E-state index contributed by atoms with van der Waals surface area (Å²) in [6.45, 7) is 3.72. The molecule has 0 fully saturated rings. The Balaban J connectivity index is 2.46. The maximum Gasteiger partial charge on any atom is 0.183 e. The molecule has 0 saturated heterocycles. The molecule has 0 amide bonds. The number of hydrogen-bond acceptors (Lipinski definition) is 3. The van der Waals surface area contributed by atoms with Crippen LogP contribution in [0.1, 0.15) is 24.7 Å². The van der Waals surface area contributed by atoms with Crippen LogP contribution in [0.5, 0.6) is 0 Å². The van der Waals surface area contributed by atoms with Gasteiger partial charge in [0.1, 0.15) is 0 Å². The fraction of sp³-hybridized carbons (Fsp3) is 0.429. The predicted molar refractivity (Wildman–Crippen MR) is 73.4 cm³/mol. The second-order valence-electron chi connectivity index (χ2n) is 3.65. The number of rotatable bonds is 8. The molecule has 0 spiro atoms. The van der Waals surface area contributed by atoms with E-state index in [9.17, 15) is 0 Å². The van der Waals surface area contributed by atoms with Crippen molar-refractivity contribution < 1.29 is 9.47 Å². The second-order valence-corrected chi connectivity index (χ2v) is 4.82. The summed E-state index contributed by atoms with van der Waals surface area (Å²) in [5.74, 6) is 1.13. The summed E-state index contributed by atoms with van der Waals surface area (Å²) in [6.07, 6.45) is 3.95. The summed E-state index contributed by atoms with van der Waals surface area (Å²) in [5, 5.41) is 0. The Bertz CT molecular complexity index is 317. The summed E-state index contributed by atoms with van der Waals surface area (Å²) in [7, 11) is 3.29. The first-order valence-electron chi connectivity index (χ1n) is 5.71. The molecule has 0 bridgehead atoms. The highest BCUT2D eigenvalue weighted by molar-refractivity contribution is 7.99. The van der Waals surface area contributed by atoms with Crippen LogP contribution in [0.4, 0.5) is 0 Å². The zero-order valence-corrected chi connectivity index (χ0v) is 11.3. The van der Waals surface area contributed by atoms with Crippen molar-refractivity contribution in [3.05, 3.63) is 42.5 Å². The van der Waals surface area contributed by atoms with Crippen LogP contribution in [0.15, 0.2) is 41.8 Å². The van der Waals surface area contributed by atoms with Gasteiger partial charge in [0.05, 0.1) is 0 Å². The Morgan fingerprint density at radius 1 is 1.24 bits per heavy atom. The van der Waals surface area contributed by atoms with Crippen molar-refractivity contribution >= 4 is 11.8 Å². The Morgan fingerprint density at radius 2 is 1.88 bits per heavy atom. The van der Waals surface area contributed by atoms with Crippen LogP contribution < -0.4 is 0 Å². The van der Waals surface area contributed by atoms with E-state index in [0.29, 0.717) is 0 Å². The topological polar surface area (TPSA) is 18.5 Å². The Morgan fingerprint density at radius 3 is 2.41 bits per heavy atom. The van der Waals surface area contributed by atoms with Crippen LogP contribution in [0.2, 0.25) is 0 Å². The smallest absolute Gasteiger partial charge is 0.183 e. The molecule has 0 aliphatic heterocycles. The van der Waals surface area contributed by atoms with Gasteiger partial charge in [-0.1, -0.05) is 18.2 Å². The average Bonchev–Trinajstić information content (AvgIpc) is 2.38. The van der Waals surface area contributed by atoms with Gasteiger partial charge < -0.3 is 9.47 Å². The van der Waals surface area contributed by atoms with Gasteiger partial charge in [0.25, 0.3) is 0 Å². The molecule has 3 heteroatoms. The van der Waals surface area contributed by atoms with E-state index in [1.165, 1.54) is 11.3 Å². The Kier molecular flexibility index (Phi) is 7.01. The zero-order valence-electron chi connectivity index (χ0n) is 10.5. The molecule has 1 aromatic carbocycles. The van der Waals surface area contributed by atoms with Gasteiger partial charge in [0, 0.05) is 24.7 Å². The summed E-state index contributed by atoms with van der Waals surface area (Å²) >= 11 is 1.87. The van der Waals surface area contributed by atoms with Crippen molar-refractivity contribution in [3.63, 3.8) is 0 Å². The number of benzene rings is 1. The van der Waals surface area contributed by atoms with Gasteiger partial charge in [-0.2, -0.15) is 0 Å². The van der Waals surface area contributed by atoms with E-state index in [4.69, 9.17) is 9.47 Å². The summed E-state index contributed by atoms with van der Waals surface area (Å²) in [5.41, 5.74) is 1.05. The van der Waals surface area contributed by atoms with Crippen molar-refractivity contribution in [1.82, 2.24) is 0 Å². The second kappa shape index (κ2) is 8.34. The highest BCUT2D eigenvalue weighted by Gasteiger charge is 2.07. The minimum absolute atomic E-state index is 0.269. The van der Waals surface area contributed by atoms with E-state index in [1.807, 2.05) is 30.0 Å². The molecule has 0 aliphatic carbocycles. The first kappa shape index (κ1) is 14.3. The van der Waals surface area contributed by atoms with Gasteiger partial charge >= 0.3 is 0 Å². The molecule has 0 unspecified atom stereocenters. The van der Waals surface area contributed by atoms with E-state index in [1.54, 1.807) is 14.2 Å². The fourth-order valence-corrected chi connectivity index (χ4v) is 2.38. The zero-order chi connectivity index (χ0) is 12.5. The van der Waals surface area contributed by atoms with Crippen LogP contribution in [0.25, 0.3) is 0 Å². The molecule has 0 heterocycles. The third kappa shape index (κ3) is 4.94. The number of methoxy groups -OCH3 is 2. The lowest BCUT2D eigenvalue weighted by atomic mass is 10.2. The normalized spacial score (nSPS) is 10.8. The third-order valence-corrected chi connectivity index (χ3v) is 3.50. The van der Waals surface area contributed by atoms with Gasteiger partial charge in [-0.3, -0.25) is 0 Å². The molecular weight excluding hydrogens is 232 g/mol. The van der Waals surface area contributed by atoms with E-state index < -0.39 is 0 Å². The van der Waals surface area contributed by atoms with Crippen molar-refractivity contribution in [2.45, 2.75) is 24.0 Å².